The van der Waals surface area contributed by atoms with E-state index in [1.807, 2.05) is 33.8 Å². The average Bonchev–Trinajstić information content (AvgIpc) is 2.34. The predicted octanol–water partition coefficient (Wildman–Crippen LogP) is 2.79. The summed E-state index contributed by atoms with van der Waals surface area (Å²) in [4.78, 5) is 12.5. The summed E-state index contributed by atoms with van der Waals surface area (Å²) in [6.07, 6.45) is 0.755. The van der Waals surface area contributed by atoms with Gasteiger partial charge in [0, 0.05) is 12.5 Å². The first-order valence-corrected chi connectivity index (χ1v) is 6.36. The summed E-state index contributed by atoms with van der Waals surface area (Å²) in [6.45, 7) is 8.32. The smallest absolute Gasteiger partial charge is 0.171 e. The van der Waals surface area contributed by atoms with Crippen molar-refractivity contribution in [2.45, 2.75) is 34.1 Å². The Morgan fingerprint density at radius 3 is 2.39 bits per heavy atom. The Morgan fingerprint density at radius 2 is 1.94 bits per heavy atom. The fraction of sp³-hybridized carbons (Fsp3) is 0.533. The number of carbonyl (C=O) groups is 1. The van der Waals surface area contributed by atoms with E-state index in [0.717, 1.165) is 23.1 Å². The molecular formula is C15H23NO2. The highest BCUT2D eigenvalue weighted by Gasteiger charge is 2.24. The number of rotatable bonds is 5. The second-order valence-electron chi connectivity index (χ2n) is 4.75. The van der Waals surface area contributed by atoms with Gasteiger partial charge in [-0.05, 0) is 43.9 Å². The van der Waals surface area contributed by atoms with E-state index in [2.05, 4.69) is 0 Å². The lowest BCUT2D eigenvalue weighted by atomic mass is 9.89. The number of ether oxygens (including phenoxy) is 1. The van der Waals surface area contributed by atoms with E-state index in [9.17, 15) is 4.79 Å². The summed E-state index contributed by atoms with van der Waals surface area (Å²) in [5.41, 5.74) is 9.49. The van der Waals surface area contributed by atoms with Crippen LogP contribution in [0.4, 0.5) is 0 Å². The summed E-state index contributed by atoms with van der Waals surface area (Å²) in [5, 5.41) is 0. The van der Waals surface area contributed by atoms with Gasteiger partial charge < -0.3 is 10.5 Å². The van der Waals surface area contributed by atoms with Crippen LogP contribution < -0.4 is 10.5 Å². The third-order valence-electron chi connectivity index (χ3n) is 3.59. The van der Waals surface area contributed by atoms with Gasteiger partial charge in [-0.2, -0.15) is 0 Å². The number of carbonyl (C=O) groups excluding carboxylic acids is 1. The maximum Gasteiger partial charge on any atom is 0.171 e. The van der Waals surface area contributed by atoms with Crippen molar-refractivity contribution in [1.29, 1.82) is 0 Å². The second kappa shape index (κ2) is 6.01. The van der Waals surface area contributed by atoms with Crippen LogP contribution >= 0.6 is 0 Å². The maximum atomic E-state index is 12.5. The Hall–Kier alpha value is -1.35. The molecule has 0 aliphatic rings. The van der Waals surface area contributed by atoms with Crippen LogP contribution in [0.3, 0.4) is 0 Å². The van der Waals surface area contributed by atoms with Crippen molar-refractivity contribution in [3.05, 3.63) is 28.3 Å². The first-order chi connectivity index (χ1) is 8.47. The Bertz CT molecular complexity index is 448. The summed E-state index contributed by atoms with van der Waals surface area (Å²) in [6, 6.07) is 2.04. The number of nitrogens with two attached hydrogens (primary N) is 1. The number of methoxy groups -OCH3 is 1. The van der Waals surface area contributed by atoms with Crippen LogP contribution in [0, 0.1) is 26.7 Å². The minimum atomic E-state index is -0.125. The molecule has 0 aliphatic carbocycles. The summed E-state index contributed by atoms with van der Waals surface area (Å²) in [7, 11) is 1.61. The lowest BCUT2D eigenvalue weighted by Gasteiger charge is -2.19. The molecule has 0 spiro atoms. The SMILES string of the molecule is CCC(CN)C(=O)c1c(C)cc(C)c(C)c1OC. The number of ketones is 1. The summed E-state index contributed by atoms with van der Waals surface area (Å²) >= 11 is 0. The van der Waals surface area contributed by atoms with Crippen LogP contribution in [-0.4, -0.2) is 19.4 Å². The number of Topliss-reactive ketones (excluding diaryl/α,β-unsaturated/α-hetero) is 1. The molecule has 2 N–H and O–H groups in total. The topological polar surface area (TPSA) is 52.3 Å². The van der Waals surface area contributed by atoms with Crippen molar-refractivity contribution in [2.75, 3.05) is 13.7 Å². The maximum absolute atomic E-state index is 12.5. The number of hydrogen-bond acceptors (Lipinski definition) is 3. The van der Waals surface area contributed by atoms with Gasteiger partial charge in [0.25, 0.3) is 0 Å². The van der Waals surface area contributed by atoms with Gasteiger partial charge in [0.1, 0.15) is 5.75 Å². The van der Waals surface area contributed by atoms with Crippen molar-refractivity contribution >= 4 is 5.78 Å². The Kier molecular flexibility index (Phi) is 4.91. The fourth-order valence-electron chi connectivity index (χ4n) is 2.28. The minimum Gasteiger partial charge on any atom is -0.496 e. The third-order valence-corrected chi connectivity index (χ3v) is 3.59. The molecule has 3 nitrogen and oxygen atoms in total. The van der Waals surface area contributed by atoms with Gasteiger partial charge in [-0.15, -0.1) is 0 Å². The van der Waals surface area contributed by atoms with E-state index in [0.29, 0.717) is 17.9 Å². The largest absolute Gasteiger partial charge is 0.496 e. The number of hydrogen-bond donors (Lipinski definition) is 1. The number of benzene rings is 1. The van der Waals surface area contributed by atoms with E-state index in [1.165, 1.54) is 0 Å². The van der Waals surface area contributed by atoms with E-state index in [1.54, 1.807) is 7.11 Å². The van der Waals surface area contributed by atoms with Gasteiger partial charge in [-0.25, -0.2) is 0 Å². The Labute approximate surface area is 109 Å². The van der Waals surface area contributed by atoms with Gasteiger partial charge in [0.05, 0.1) is 12.7 Å². The Morgan fingerprint density at radius 1 is 1.33 bits per heavy atom. The summed E-state index contributed by atoms with van der Waals surface area (Å²) in [5.74, 6) is 0.668. The predicted molar refractivity (Wildman–Crippen MR) is 74.4 cm³/mol. The number of aryl methyl sites for hydroxylation is 2. The van der Waals surface area contributed by atoms with Gasteiger partial charge >= 0.3 is 0 Å². The van der Waals surface area contributed by atoms with Crippen LogP contribution in [0.5, 0.6) is 5.75 Å². The van der Waals surface area contributed by atoms with Crippen LogP contribution in [0.25, 0.3) is 0 Å². The zero-order valence-electron chi connectivity index (χ0n) is 12.0. The molecule has 0 saturated carbocycles. The fourth-order valence-corrected chi connectivity index (χ4v) is 2.28. The third kappa shape index (κ3) is 2.56. The molecule has 0 fully saturated rings. The first kappa shape index (κ1) is 14.7. The van der Waals surface area contributed by atoms with E-state index >= 15 is 0 Å². The van der Waals surface area contributed by atoms with Crippen LogP contribution in [0.2, 0.25) is 0 Å². The lowest BCUT2D eigenvalue weighted by molar-refractivity contribution is 0.0917. The standard InChI is InChI=1S/C15H23NO2/c1-6-12(8-16)14(17)13-10(3)7-9(2)11(4)15(13)18-5/h7,12H,6,8,16H2,1-5H3. The van der Waals surface area contributed by atoms with Crippen LogP contribution in [-0.2, 0) is 0 Å². The van der Waals surface area contributed by atoms with E-state index in [4.69, 9.17) is 10.5 Å². The van der Waals surface area contributed by atoms with Crippen LogP contribution in [0.1, 0.15) is 40.4 Å². The van der Waals surface area contributed by atoms with Crippen molar-refractivity contribution in [3.8, 4) is 5.75 Å². The monoisotopic (exact) mass is 249 g/mol. The highest BCUT2D eigenvalue weighted by molar-refractivity contribution is 6.02. The first-order valence-electron chi connectivity index (χ1n) is 6.36. The van der Waals surface area contributed by atoms with Gasteiger partial charge in [0.2, 0.25) is 0 Å². The molecule has 0 bridgehead atoms. The average molecular weight is 249 g/mol. The van der Waals surface area contributed by atoms with Crippen molar-refractivity contribution < 1.29 is 9.53 Å². The molecule has 0 aromatic heterocycles. The molecule has 1 rings (SSSR count). The summed E-state index contributed by atoms with van der Waals surface area (Å²) < 4.78 is 5.44. The molecule has 0 aliphatic heterocycles. The molecule has 1 aromatic rings. The Balaban J connectivity index is 3.40. The van der Waals surface area contributed by atoms with Crippen molar-refractivity contribution in [2.24, 2.45) is 11.7 Å². The molecule has 0 heterocycles. The van der Waals surface area contributed by atoms with E-state index < -0.39 is 0 Å². The molecule has 1 unspecified atom stereocenters. The van der Waals surface area contributed by atoms with Gasteiger partial charge in [0.15, 0.2) is 5.78 Å². The second-order valence-corrected chi connectivity index (χ2v) is 4.75. The molecule has 100 valence electrons. The minimum absolute atomic E-state index is 0.0949. The van der Waals surface area contributed by atoms with Crippen LogP contribution in [0.15, 0.2) is 6.07 Å². The molecule has 0 radical (unpaired) electrons. The zero-order chi connectivity index (χ0) is 13.9. The lowest BCUT2D eigenvalue weighted by Crippen LogP contribution is -2.24. The highest BCUT2D eigenvalue weighted by atomic mass is 16.5. The highest BCUT2D eigenvalue weighted by Crippen LogP contribution is 2.31. The molecule has 1 atom stereocenters. The van der Waals surface area contributed by atoms with Gasteiger partial charge in [-0.1, -0.05) is 13.0 Å². The molecular weight excluding hydrogens is 226 g/mol. The van der Waals surface area contributed by atoms with E-state index in [-0.39, 0.29) is 11.7 Å². The normalized spacial score (nSPS) is 12.3. The molecule has 0 amide bonds. The van der Waals surface area contributed by atoms with Crippen molar-refractivity contribution in [3.63, 3.8) is 0 Å². The molecule has 3 heteroatoms. The van der Waals surface area contributed by atoms with Crippen molar-refractivity contribution in [1.82, 2.24) is 0 Å². The quantitative estimate of drug-likeness (QED) is 0.816. The molecule has 1 aromatic carbocycles. The van der Waals surface area contributed by atoms with Gasteiger partial charge in [-0.3, -0.25) is 4.79 Å². The molecule has 0 saturated heterocycles. The molecule has 18 heavy (non-hydrogen) atoms. The zero-order valence-corrected chi connectivity index (χ0v) is 12.0.